The zero-order valence-electron chi connectivity index (χ0n) is 12.6. The molecule has 1 atom stereocenters. The minimum atomic E-state index is -2.95. The van der Waals surface area contributed by atoms with Gasteiger partial charge in [0.1, 0.15) is 5.75 Å². The van der Waals surface area contributed by atoms with Crippen LogP contribution in [-0.4, -0.2) is 48.3 Å². The molecule has 1 aliphatic rings. The molecular weight excluding hydrogens is 294 g/mol. The number of hydrogen-bond donors (Lipinski definition) is 2. The number of carbonyl (C=O) groups is 1. The quantitative estimate of drug-likeness (QED) is 0.892. The highest BCUT2D eigenvalue weighted by Crippen LogP contribution is 2.31. The monoisotopic (exact) mass is 314 g/mol. The summed E-state index contributed by atoms with van der Waals surface area (Å²) >= 11 is 0. The minimum absolute atomic E-state index is 0.171. The standard InChI is InChI=1S/C15H20F2N2O3/c1-10-4-3-5-11(13(10)22-2)7-18-14(21)19-9-15(16,17)6-12(19)8-20/h3-5,12,20H,6-9H2,1-2H3,(H,18,21). The Kier molecular flexibility index (Phi) is 4.85. The molecule has 0 aliphatic carbocycles. The number of benzene rings is 1. The van der Waals surface area contributed by atoms with Gasteiger partial charge in [-0.05, 0) is 12.5 Å². The van der Waals surface area contributed by atoms with Crippen molar-refractivity contribution in [3.05, 3.63) is 29.3 Å². The number of urea groups is 1. The van der Waals surface area contributed by atoms with Gasteiger partial charge >= 0.3 is 6.03 Å². The second-order valence-electron chi connectivity index (χ2n) is 5.45. The van der Waals surface area contributed by atoms with Gasteiger partial charge in [-0.2, -0.15) is 0 Å². The number of nitrogens with one attached hydrogen (secondary N) is 1. The maximum Gasteiger partial charge on any atom is 0.318 e. The highest BCUT2D eigenvalue weighted by molar-refractivity contribution is 5.75. The fourth-order valence-electron chi connectivity index (χ4n) is 2.72. The molecule has 7 heteroatoms. The van der Waals surface area contributed by atoms with Crippen molar-refractivity contribution in [2.24, 2.45) is 0 Å². The van der Waals surface area contributed by atoms with Crippen LogP contribution in [-0.2, 0) is 6.54 Å². The molecule has 0 spiro atoms. The molecule has 1 saturated heterocycles. The number of aliphatic hydroxyl groups is 1. The lowest BCUT2D eigenvalue weighted by Gasteiger charge is -2.23. The number of halogens is 2. The van der Waals surface area contributed by atoms with E-state index in [4.69, 9.17) is 9.84 Å². The largest absolute Gasteiger partial charge is 0.496 e. The first-order valence-electron chi connectivity index (χ1n) is 7.03. The fraction of sp³-hybridized carbons (Fsp3) is 0.533. The Labute approximate surface area is 127 Å². The van der Waals surface area contributed by atoms with Gasteiger partial charge < -0.3 is 20.1 Å². The summed E-state index contributed by atoms with van der Waals surface area (Å²) in [6.45, 7) is 0.905. The van der Waals surface area contributed by atoms with Gasteiger partial charge in [0.25, 0.3) is 5.92 Å². The molecule has 122 valence electrons. The number of hydrogen-bond acceptors (Lipinski definition) is 3. The number of methoxy groups -OCH3 is 1. The molecule has 1 heterocycles. The molecule has 1 aliphatic heterocycles. The number of para-hydroxylation sites is 1. The molecule has 0 aromatic heterocycles. The molecule has 2 amide bonds. The smallest absolute Gasteiger partial charge is 0.318 e. The molecular formula is C15H20F2N2O3. The van der Waals surface area contributed by atoms with Gasteiger partial charge in [-0.15, -0.1) is 0 Å². The highest BCUT2D eigenvalue weighted by atomic mass is 19.3. The predicted molar refractivity (Wildman–Crippen MR) is 77.1 cm³/mol. The van der Waals surface area contributed by atoms with Gasteiger partial charge in [-0.25, -0.2) is 13.6 Å². The third-order valence-electron chi connectivity index (χ3n) is 3.78. The maximum atomic E-state index is 13.4. The minimum Gasteiger partial charge on any atom is -0.496 e. The van der Waals surface area contributed by atoms with Crippen molar-refractivity contribution in [2.45, 2.75) is 31.9 Å². The number of ether oxygens (including phenoxy) is 1. The summed E-state index contributed by atoms with van der Waals surface area (Å²) in [5.74, 6) is -2.29. The number of amides is 2. The Morgan fingerprint density at radius 1 is 1.55 bits per heavy atom. The summed E-state index contributed by atoms with van der Waals surface area (Å²) in [5, 5.41) is 11.8. The van der Waals surface area contributed by atoms with Crippen molar-refractivity contribution in [3.63, 3.8) is 0 Å². The van der Waals surface area contributed by atoms with Crippen LogP contribution in [0.15, 0.2) is 18.2 Å². The van der Waals surface area contributed by atoms with E-state index in [2.05, 4.69) is 5.32 Å². The van der Waals surface area contributed by atoms with E-state index in [-0.39, 0.29) is 6.54 Å². The Bertz CT molecular complexity index is 552. The van der Waals surface area contributed by atoms with Crippen LogP contribution in [0.5, 0.6) is 5.75 Å². The van der Waals surface area contributed by atoms with Crippen LogP contribution in [0.3, 0.4) is 0 Å². The molecule has 5 nitrogen and oxygen atoms in total. The molecule has 1 aromatic carbocycles. The second kappa shape index (κ2) is 6.48. The zero-order valence-corrected chi connectivity index (χ0v) is 12.6. The summed E-state index contributed by atoms with van der Waals surface area (Å²) in [7, 11) is 1.54. The lowest BCUT2D eigenvalue weighted by Crippen LogP contribution is -2.44. The van der Waals surface area contributed by atoms with Gasteiger partial charge in [0.2, 0.25) is 0 Å². The van der Waals surface area contributed by atoms with Crippen molar-refractivity contribution in [1.82, 2.24) is 10.2 Å². The van der Waals surface area contributed by atoms with E-state index in [1.165, 1.54) is 7.11 Å². The van der Waals surface area contributed by atoms with Crippen LogP contribution < -0.4 is 10.1 Å². The number of nitrogens with zero attached hydrogens (tertiary/aromatic N) is 1. The summed E-state index contributed by atoms with van der Waals surface area (Å²) in [5.41, 5.74) is 1.69. The number of aliphatic hydroxyl groups excluding tert-OH is 1. The van der Waals surface area contributed by atoms with E-state index in [1.807, 2.05) is 19.1 Å². The average molecular weight is 314 g/mol. The summed E-state index contributed by atoms with van der Waals surface area (Å²) in [6.07, 6.45) is -0.509. The molecule has 0 saturated carbocycles. The predicted octanol–water partition coefficient (Wildman–Crippen LogP) is 1.92. The highest BCUT2D eigenvalue weighted by Gasteiger charge is 2.46. The Hall–Kier alpha value is -1.89. The van der Waals surface area contributed by atoms with Crippen LogP contribution in [0.4, 0.5) is 13.6 Å². The number of alkyl halides is 2. The van der Waals surface area contributed by atoms with Gasteiger partial charge in [-0.1, -0.05) is 18.2 Å². The van der Waals surface area contributed by atoms with Gasteiger partial charge in [0.05, 0.1) is 26.3 Å². The van der Waals surface area contributed by atoms with Gasteiger partial charge in [-0.3, -0.25) is 0 Å². The topological polar surface area (TPSA) is 61.8 Å². The number of carbonyl (C=O) groups excluding carboxylic acids is 1. The van der Waals surface area contributed by atoms with E-state index >= 15 is 0 Å². The van der Waals surface area contributed by atoms with Crippen LogP contribution in [0.1, 0.15) is 17.5 Å². The van der Waals surface area contributed by atoms with E-state index < -0.39 is 37.6 Å². The van der Waals surface area contributed by atoms with E-state index in [1.54, 1.807) is 6.07 Å². The molecule has 22 heavy (non-hydrogen) atoms. The van der Waals surface area contributed by atoms with E-state index in [0.29, 0.717) is 5.75 Å². The number of likely N-dealkylation sites (tertiary alicyclic amines) is 1. The van der Waals surface area contributed by atoms with Crippen LogP contribution in [0, 0.1) is 6.92 Å². The van der Waals surface area contributed by atoms with Crippen LogP contribution in [0.25, 0.3) is 0 Å². The normalized spacial score (nSPS) is 20.0. The summed E-state index contributed by atoms with van der Waals surface area (Å²) < 4.78 is 32.0. The Balaban J connectivity index is 2.03. The van der Waals surface area contributed by atoms with Crippen molar-refractivity contribution in [3.8, 4) is 5.75 Å². The molecule has 1 fully saturated rings. The third-order valence-corrected chi connectivity index (χ3v) is 3.78. The first-order valence-corrected chi connectivity index (χ1v) is 7.03. The summed E-state index contributed by atoms with van der Waals surface area (Å²) in [6, 6.07) is 4.05. The van der Waals surface area contributed by atoms with Crippen molar-refractivity contribution >= 4 is 6.03 Å². The summed E-state index contributed by atoms with van der Waals surface area (Å²) in [4.78, 5) is 13.1. The lowest BCUT2D eigenvalue weighted by atomic mass is 10.1. The zero-order chi connectivity index (χ0) is 16.3. The Morgan fingerprint density at radius 2 is 2.27 bits per heavy atom. The average Bonchev–Trinajstić information content (AvgIpc) is 2.80. The van der Waals surface area contributed by atoms with E-state index in [9.17, 15) is 13.6 Å². The lowest BCUT2D eigenvalue weighted by molar-refractivity contribution is 0.0141. The van der Waals surface area contributed by atoms with Crippen molar-refractivity contribution in [1.29, 1.82) is 0 Å². The first-order chi connectivity index (χ1) is 10.4. The molecule has 1 aromatic rings. The third kappa shape index (κ3) is 3.47. The fourth-order valence-corrected chi connectivity index (χ4v) is 2.72. The molecule has 0 radical (unpaired) electrons. The first kappa shape index (κ1) is 16.5. The molecule has 2 rings (SSSR count). The van der Waals surface area contributed by atoms with Gasteiger partial charge in [0, 0.05) is 18.5 Å². The maximum absolute atomic E-state index is 13.4. The SMILES string of the molecule is COc1c(C)cccc1CNC(=O)N1CC(F)(F)CC1CO. The van der Waals surface area contributed by atoms with Crippen molar-refractivity contribution in [2.75, 3.05) is 20.3 Å². The van der Waals surface area contributed by atoms with E-state index in [0.717, 1.165) is 16.0 Å². The Morgan fingerprint density at radius 3 is 2.91 bits per heavy atom. The van der Waals surface area contributed by atoms with Crippen LogP contribution >= 0.6 is 0 Å². The number of rotatable bonds is 4. The molecule has 1 unspecified atom stereocenters. The molecule has 2 N–H and O–H groups in total. The van der Waals surface area contributed by atoms with Crippen molar-refractivity contribution < 1.29 is 23.4 Å². The second-order valence-corrected chi connectivity index (χ2v) is 5.45. The van der Waals surface area contributed by atoms with Crippen LogP contribution in [0.2, 0.25) is 0 Å². The van der Waals surface area contributed by atoms with Gasteiger partial charge in [0.15, 0.2) is 0 Å². The number of aryl methyl sites for hydroxylation is 1. The molecule has 0 bridgehead atoms.